The molecule has 64 valence electrons. The summed E-state index contributed by atoms with van der Waals surface area (Å²) in [5.74, 6) is 5.70. The van der Waals surface area contributed by atoms with Gasteiger partial charge in [-0.2, -0.15) is 0 Å². The van der Waals surface area contributed by atoms with Crippen LogP contribution in [0.3, 0.4) is 0 Å². The normalized spacial score (nSPS) is 23.2. The van der Waals surface area contributed by atoms with Gasteiger partial charge in [-0.15, -0.1) is 5.92 Å². The lowest BCUT2D eigenvalue weighted by Crippen LogP contribution is -2.19. The molecule has 0 aromatic heterocycles. The number of thioether (sulfide) groups is 1. The molecule has 0 saturated carbocycles. The van der Waals surface area contributed by atoms with Gasteiger partial charge in [-0.3, -0.25) is 0 Å². The lowest BCUT2D eigenvalue weighted by Gasteiger charge is -2.16. The molecule has 0 N–H and O–H groups in total. The topological polar surface area (TPSA) is 9.23 Å². The summed E-state index contributed by atoms with van der Waals surface area (Å²) in [5, 5.41) is 0. The van der Waals surface area contributed by atoms with Gasteiger partial charge in [-0.1, -0.05) is 5.92 Å². The predicted octanol–water partition coefficient (Wildman–Crippen LogP) is 2.72. The van der Waals surface area contributed by atoms with E-state index in [1.165, 1.54) is 11.8 Å². The number of allylic oxidation sites excluding steroid dienone is 1. The van der Waals surface area contributed by atoms with Gasteiger partial charge in [-0.05, 0) is 44.8 Å². The molecule has 0 radical (unpaired) electrons. The number of thiocarbonyl (C=S) groups is 1. The van der Waals surface area contributed by atoms with Gasteiger partial charge in [0.05, 0.1) is 0 Å². The van der Waals surface area contributed by atoms with Gasteiger partial charge >= 0.3 is 0 Å². The third kappa shape index (κ3) is 2.02. The van der Waals surface area contributed by atoms with Crippen LogP contribution in [0.15, 0.2) is 11.0 Å². The van der Waals surface area contributed by atoms with E-state index in [1.807, 2.05) is 26.8 Å². The van der Waals surface area contributed by atoms with Gasteiger partial charge in [0.2, 0.25) is 4.38 Å². The van der Waals surface area contributed by atoms with E-state index in [9.17, 15) is 0 Å². The van der Waals surface area contributed by atoms with Crippen LogP contribution >= 0.6 is 24.0 Å². The highest BCUT2D eigenvalue weighted by molar-refractivity contribution is 8.25. The molecule has 1 heterocycles. The third-order valence-electron chi connectivity index (χ3n) is 1.47. The van der Waals surface area contributed by atoms with E-state index in [0.717, 1.165) is 4.91 Å². The summed E-state index contributed by atoms with van der Waals surface area (Å²) in [6.45, 7) is 5.79. The number of hydrogen-bond acceptors (Lipinski definition) is 3. The second kappa shape index (κ2) is 3.51. The molecular formula is C9H10OS2. The first kappa shape index (κ1) is 9.63. The van der Waals surface area contributed by atoms with Crippen LogP contribution in [-0.2, 0) is 4.74 Å². The Hall–Kier alpha value is -0.460. The minimum Gasteiger partial charge on any atom is -0.467 e. The highest BCUT2D eigenvalue weighted by Gasteiger charge is 2.34. The summed E-state index contributed by atoms with van der Waals surface area (Å²) in [4.78, 5) is 1.09. The van der Waals surface area contributed by atoms with Crippen LogP contribution in [0.1, 0.15) is 20.8 Å². The molecule has 0 spiro atoms. The van der Waals surface area contributed by atoms with Crippen molar-refractivity contribution in [2.24, 2.45) is 0 Å². The van der Waals surface area contributed by atoms with Crippen LogP contribution in [-0.4, -0.2) is 9.98 Å². The van der Waals surface area contributed by atoms with Gasteiger partial charge in [-0.25, -0.2) is 0 Å². The van der Waals surface area contributed by atoms with E-state index in [1.54, 1.807) is 0 Å². The number of rotatable bonds is 0. The minimum absolute atomic E-state index is 0.286. The molecule has 0 amide bonds. The second-order valence-corrected chi connectivity index (χ2v) is 4.51. The molecule has 3 heteroatoms. The maximum absolute atomic E-state index is 5.42. The van der Waals surface area contributed by atoms with Crippen LogP contribution in [0.25, 0.3) is 0 Å². The Labute approximate surface area is 82.6 Å². The van der Waals surface area contributed by atoms with Crippen molar-refractivity contribution >= 4 is 28.4 Å². The van der Waals surface area contributed by atoms with Gasteiger partial charge in [0.15, 0.2) is 0 Å². The van der Waals surface area contributed by atoms with Crippen LogP contribution in [0.5, 0.6) is 0 Å². The smallest absolute Gasteiger partial charge is 0.225 e. The van der Waals surface area contributed by atoms with Gasteiger partial charge < -0.3 is 4.74 Å². The van der Waals surface area contributed by atoms with Crippen molar-refractivity contribution in [3.05, 3.63) is 11.0 Å². The van der Waals surface area contributed by atoms with Crippen LogP contribution in [0.2, 0.25) is 0 Å². The fraction of sp³-hybridized carbons (Fsp3) is 0.444. The van der Waals surface area contributed by atoms with Gasteiger partial charge in [0.1, 0.15) is 5.60 Å². The molecule has 1 aliphatic heterocycles. The Bertz CT molecular complexity index is 291. The van der Waals surface area contributed by atoms with Crippen molar-refractivity contribution in [1.82, 2.24) is 0 Å². The summed E-state index contributed by atoms with van der Waals surface area (Å²) < 4.78 is 6.00. The molecule has 0 atom stereocenters. The minimum atomic E-state index is -0.286. The second-order valence-electron chi connectivity index (χ2n) is 2.87. The highest BCUT2D eigenvalue weighted by Crippen LogP contribution is 2.40. The first-order valence-electron chi connectivity index (χ1n) is 3.60. The molecule has 0 aromatic rings. The zero-order valence-corrected chi connectivity index (χ0v) is 8.94. The Morgan fingerprint density at radius 2 is 2.25 bits per heavy atom. The van der Waals surface area contributed by atoms with E-state index in [0.29, 0.717) is 4.38 Å². The van der Waals surface area contributed by atoms with Crippen LogP contribution in [0, 0.1) is 11.8 Å². The Balaban J connectivity index is 2.89. The summed E-state index contributed by atoms with van der Waals surface area (Å²) >= 11 is 6.43. The summed E-state index contributed by atoms with van der Waals surface area (Å²) in [7, 11) is 0. The third-order valence-corrected chi connectivity index (χ3v) is 2.89. The Morgan fingerprint density at radius 1 is 1.58 bits per heavy atom. The molecule has 0 bridgehead atoms. The summed E-state index contributed by atoms with van der Waals surface area (Å²) in [6, 6.07) is 0. The molecule has 1 rings (SSSR count). The molecule has 0 aliphatic carbocycles. The zero-order valence-electron chi connectivity index (χ0n) is 7.30. The largest absolute Gasteiger partial charge is 0.467 e. The predicted molar refractivity (Wildman–Crippen MR) is 56.9 cm³/mol. The van der Waals surface area contributed by atoms with E-state index in [2.05, 4.69) is 11.8 Å². The quantitative estimate of drug-likeness (QED) is 0.437. The van der Waals surface area contributed by atoms with Gasteiger partial charge in [0, 0.05) is 11.0 Å². The molecule has 0 aromatic carbocycles. The lowest BCUT2D eigenvalue weighted by atomic mass is 10.1. The van der Waals surface area contributed by atoms with E-state index in [-0.39, 0.29) is 5.60 Å². The standard InChI is InChI=1S/C9H10OS2/c1-4-5-6-7-9(2,3)10-8(11)12-7/h6H,1-3H3/b7-6+. The molecule has 1 fully saturated rings. The van der Waals surface area contributed by atoms with E-state index >= 15 is 0 Å². The first-order valence-corrected chi connectivity index (χ1v) is 4.82. The number of hydrogen-bond donors (Lipinski definition) is 0. The average Bonchev–Trinajstić information content (AvgIpc) is 2.20. The molecule has 0 unspecified atom stereocenters. The van der Waals surface area contributed by atoms with Gasteiger partial charge in [0.25, 0.3) is 0 Å². The van der Waals surface area contributed by atoms with Crippen molar-refractivity contribution < 1.29 is 4.74 Å². The molecule has 12 heavy (non-hydrogen) atoms. The Kier molecular flexibility index (Phi) is 2.81. The summed E-state index contributed by atoms with van der Waals surface area (Å²) in [5.41, 5.74) is -0.286. The molecule has 1 aliphatic rings. The lowest BCUT2D eigenvalue weighted by molar-refractivity contribution is 0.163. The van der Waals surface area contributed by atoms with Crippen LogP contribution in [0.4, 0.5) is 0 Å². The molecule has 1 saturated heterocycles. The molecular weight excluding hydrogens is 188 g/mol. The fourth-order valence-electron chi connectivity index (χ4n) is 0.833. The van der Waals surface area contributed by atoms with Crippen molar-refractivity contribution in [3.8, 4) is 11.8 Å². The zero-order chi connectivity index (χ0) is 9.19. The highest BCUT2D eigenvalue weighted by atomic mass is 32.2. The maximum atomic E-state index is 5.42. The van der Waals surface area contributed by atoms with Crippen molar-refractivity contribution in [2.75, 3.05) is 0 Å². The molecule has 1 nitrogen and oxygen atoms in total. The number of ether oxygens (including phenoxy) is 1. The van der Waals surface area contributed by atoms with Crippen molar-refractivity contribution in [1.29, 1.82) is 0 Å². The SMILES string of the molecule is CC#C/C=C1/SC(=S)OC1(C)C. The van der Waals surface area contributed by atoms with Crippen LogP contribution < -0.4 is 0 Å². The monoisotopic (exact) mass is 198 g/mol. The fourth-order valence-corrected chi connectivity index (χ4v) is 2.15. The van der Waals surface area contributed by atoms with E-state index < -0.39 is 0 Å². The van der Waals surface area contributed by atoms with Crippen molar-refractivity contribution in [2.45, 2.75) is 26.4 Å². The average molecular weight is 198 g/mol. The summed E-state index contributed by atoms with van der Waals surface area (Å²) in [6.07, 6.45) is 1.87. The maximum Gasteiger partial charge on any atom is 0.225 e. The van der Waals surface area contributed by atoms with E-state index in [4.69, 9.17) is 17.0 Å². The van der Waals surface area contributed by atoms with Crippen molar-refractivity contribution in [3.63, 3.8) is 0 Å². The Morgan fingerprint density at radius 3 is 2.67 bits per heavy atom. The first-order chi connectivity index (χ1) is 5.56.